The summed E-state index contributed by atoms with van der Waals surface area (Å²) in [6.07, 6.45) is 0.282. The summed E-state index contributed by atoms with van der Waals surface area (Å²) in [5, 5.41) is 16.6. The van der Waals surface area contributed by atoms with Crippen LogP contribution in [0.3, 0.4) is 0 Å². The van der Waals surface area contributed by atoms with Gasteiger partial charge in [-0.15, -0.1) is 0 Å². The van der Waals surface area contributed by atoms with Gasteiger partial charge in [-0.3, -0.25) is 4.79 Å². The van der Waals surface area contributed by atoms with E-state index in [4.69, 9.17) is 27.9 Å². The van der Waals surface area contributed by atoms with Gasteiger partial charge in [0.2, 0.25) is 5.91 Å². The lowest BCUT2D eigenvalue weighted by Crippen LogP contribution is -2.45. The quantitative estimate of drug-likeness (QED) is 0.260. The SMILES string of the molecule is CC(C)(C)C[C@@H]1N[C@@H](C(=O)Nc2ccc(C(=O)OC(C)(C)C)c(F)c2)C(c2cccc(Cl)c2F)[C@@]1(C#N)c1ccc(Cl)cc1F. The molecule has 0 bridgehead atoms. The van der Waals surface area contributed by atoms with Gasteiger partial charge in [-0.2, -0.15) is 5.26 Å². The fourth-order valence-electron chi connectivity index (χ4n) is 5.87. The summed E-state index contributed by atoms with van der Waals surface area (Å²) >= 11 is 12.2. The first-order valence-electron chi connectivity index (χ1n) is 14.3. The number of nitrogens with one attached hydrogen (secondary N) is 2. The molecule has 4 atom stereocenters. The van der Waals surface area contributed by atoms with Crippen molar-refractivity contribution in [2.75, 3.05) is 5.32 Å². The molecule has 0 aliphatic carbocycles. The second-order valence-corrected chi connectivity index (χ2v) is 14.2. The third kappa shape index (κ3) is 7.14. The van der Waals surface area contributed by atoms with E-state index in [1.165, 1.54) is 42.5 Å². The topological polar surface area (TPSA) is 91.2 Å². The van der Waals surface area contributed by atoms with E-state index in [-0.39, 0.29) is 38.8 Å². The maximum atomic E-state index is 15.8. The molecule has 0 radical (unpaired) electrons. The highest BCUT2D eigenvalue weighted by Crippen LogP contribution is 2.53. The second-order valence-electron chi connectivity index (χ2n) is 13.4. The second kappa shape index (κ2) is 12.7. The van der Waals surface area contributed by atoms with Gasteiger partial charge in [-0.1, -0.05) is 62.2 Å². The van der Waals surface area contributed by atoms with Gasteiger partial charge in [-0.05, 0) is 74.6 Å². The number of ether oxygens (including phenoxy) is 1. The normalized spacial score (nSPS) is 21.7. The van der Waals surface area contributed by atoms with Crippen LogP contribution < -0.4 is 10.6 Å². The molecule has 0 spiro atoms. The number of carbonyl (C=O) groups excluding carboxylic acids is 2. The molecule has 1 heterocycles. The third-order valence-corrected chi connectivity index (χ3v) is 8.11. The zero-order chi connectivity index (χ0) is 33.5. The number of benzene rings is 3. The van der Waals surface area contributed by atoms with Gasteiger partial charge < -0.3 is 15.4 Å². The lowest BCUT2D eigenvalue weighted by atomic mass is 9.62. The monoisotopic (exact) mass is 659 g/mol. The third-order valence-electron chi connectivity index (χ3n) is 7.59. The first-order valence-corrected chi connectivity index (χ1v) is 15.0. The van der Waals surface area contributed by atoms with E-state index in [9.17, 15) is 14.9 Å². The highest BCUT2D eigenvalue weighted by Gasteiger charge is 2.61. The molecule has 238 valence electrons. The molecule has 11 heteroatoms. The van der Waals surface area contributed by atoms with Crippen LogP contribution in [0.5, 0.6) is 0 Å². The highest BCUT2D eigenvalue weighted by atomic mass is 35.5. The number of rotatable bonds is 6. The van der Waals surface area contributed by atoms with Crippen molar-refractivity contribution in [3.05, 3.63) is 98.8 Å². The molecule has 1 aliphatic heterocycles. The van der Waals surface area contributed by atoms with Gasteiger partial charge in [0.1, 0.15) is 28.5 Å². The van der Waals surface area contributed by atoms with Crippen molar-refractivity contribution in [2.24, 2.45) is 5.41 Å². The molecule has 45 heavy (non-hydrogen) atoms. The molecule has 3 aromatic carbocycles. The number of hydrogen-bond donors (Lipinski definition) is 2. The smallest absolute Gasteiger partial charge is 0.341 e. The standard InChI is InChI=1S/C34H34Cl2F3N3O3/c1-32(2,3)16-26-34(17-40,22-13-10-18(35)14-25(22)38)27(21-8-7-9-23(36)28(21)39)29(42-26)30(43)41-19-11-12-20(24(37)15-19)31(44)45-33(4,5)6/h7-15,26-27,29,42H,16H2,1-6H3,(H,41,43)/t26-,27?,29+,34-/m0/s1. The summed E-state index contributed by atoms with van der Waals surface area (Å²) in [7, 11) is 0. The number of esters is 1. The van der Waals surface area contributed by atoms with Crippen LogP contribution in [-0.2, 0) is 14.9 Å². The molecule has 1 aliphatic rings. The van der Waals surface area contributed by atoms with Crippen molar-refractivity contribution >= 4 is 40.8 Å². The predicted octanol–water partition coefficient (Wildman–Crippen LogP) is 8.33. The Balaban J connectivity index is 1.85. The Labute approximate surface area is 270 Å². The first kappa shape index (κ1) is 34.3. The van der Waals surface area contributed by atoms with Crippen molar-refractivity contribution in [2.45, 2.75) is 77.0 Å². The summed E-state index contributed by atoms with van der Waals surface area (Å²) in [5.74, 6) is -5.50. The number of halogens is 5. The Hall–Kier alpha value is -3.58. The summed E-state index contributed by atoms with van der Waals surface area (Å²) in [6, 6.07) is 11.7. The van der Waals surface area contributed by atoms with Crippen molar-refractivity contribution in [1.29, 1.82) is 5.26 Å². The van der Waals surface area contributed by atoms with Gasteiger partial charge >= 0.3 is 5.97 Å². The van der Waals surface area contributed by atoms with Crippen LogP contribution in [0.25, 0.3) is 0 Å². The fourth-order valence-corrected chi connectivity index (χ4v) is 6.21. The van der Waals surface area contributed by atoms with Crippen LogP contribution in [0.2, 0.25) is 10.0 Å². The Morgan fingerprint density at radius 3 is 2.27 bits per heavy atom. The van der Waals surface area contributed by atoms with Gasteiger partial charge in [0.05, 0.1) is 22.7 Å². The average Bonchev–Trinajstić information content (AvgIpc) is 3.22. The van der Waals surface area contributed by atoms with Crippen molar-refractivity contribution < 1.29 is 27.5 Å². The molecule has 1 saturated heterocycles. The minimum Gasteiger partial charge on any atom is -0.456 e. The fraction of sp³-hybridized carbons (Fsp3) is 0.382. The Bertz CT molecular complexity index is 1680. The van der Waals surface area contributed by atoms with Gasteiger partial charge in [-0.25, -0.2) is 18.0 Å². The highest BCUT2D eigenvalue weighted by molar-refractivity contribution is 6.31. The summed E-state index contributed by atoms with van der Waals surface area (Å²) < 4.78 is 51.9. The van der Waals surface area contributed by atoms with Gasteiger partial charge in [0.25, 0.3) is 0 Å². The number of nitrogens with zero attached hydrogens (tertiary/aromatic N) is 1. The minimum atomic E-state index is -1.82. The van der Waals surface area contributed by atoms with E-state index in [0.29, 0.717) is 0 Å². The Morgan fingerprint density at radius 1 is 1.00 bits per heavy atom. The Kier molecular flexibility index (Phi) is 9.65. The van der Waals surface area contributed by atoms with Crippen molar-refractivity contribution in [3.63, 3.8) is 0 Å². The van der Waals surface area contributed by atoms with Gasteiger partial charge in [0, 0.05) is 28.2 Å². The molecule has 2 N–H and O–H groups in total. The molecular formula is C34H34Cl2F3N3O3. The Morgan fingerprint density at radius 2 is 1.69 bits per heavy atom. The molecular weight excluding hydrogens is 626 g/mol. The zero-order valence-electron chi connectivity index (χ0n) is 25.7. The van der Waals surface area contributed by atoms with Crippen LogP contribution in [-0.4, -0.2) is 29.6 Å². The van der Waals surface area contributed by atoms with E-state index >= 15 is 13.2 Å². The van der Waals surface area contributed by atoms with Crippen molar-refractivity contribution in [1.82, 2.24) is 5.32 Å². The van der Waals surface area contributed by atoms with Crippen LogP contribution in [0, 0.1) is 34.2 Å². The van der Waals surface area contributed by atoms with Crippen LogP contribution >= 0.6 is 23.2 Å². The van der Waals surface area contributed by atoms with Gasteiger partial charge in [0.15, 0.2) is 0 Å². The summed E-state index contributed by atoms with van der Waals surface area (Å²) in [5.41, 5.74) is -3.56. The van der Waals surface area contributed by atoms with Crippen molar-refractivity contribution in [3.8, 4) is 6.07 Å². The maximum absolute atomic E-state index is 15.8. The molecule has 4 rings (SSSR count). The molecule has 1 unspecified atom stereocenters. The van der Waals surface area contributed by atoms with E-state index in [2.05, 4.69) is 16.7 Å². The maximum Gasteiger partial charge on any atom is 0.341 e. The van der Waals surface area contributed by atoms with E-state index < -0.39 is 63.8 Å². The van der Waals surface area contributed by atoms with Crippen LogP contribution in [0.15, 0.2) is 54.6 Å². The molecule has 3 aromatic rings. The van der Waals surface area contributed by atoms with E-state index in [1.54, 1.807) is 20.8 Å². The molecule has 6 nitrogen and oxygen atoms in total. The van der Waals surface area contributed by atoms with Crippen LogP contribution in [0.4, 0.5) is 18.9 Å². The molecule has 1 fully saturated rings. The number of hydrogen-bond acceptors (Lipinski definition) is 5. The lowest BCUT2D eigenvalue weighted by molar-refractivity contribution is -0.118. The molecule has 0 saturated carbocycles. The van der Waals surface area contributed by atoms with E-state index in [1.807, 2.05) is 20.8 Å². The summed E-state index contributed by atoms with van der Waals surface area (Å²) in [6.45, 7) is 10.7. The number of carbonyl (C=O) groups is 2. The van der Waals surface area contributed by atoms with E-state index in [0.717, 1.165) is 12.1 Å². The molecule has 0 aromatic heterocycles. The van der Waals surface area contributed by atoms with Crippen LogP contribution in [0.1, 0.15) is 75.4 Å². The minimum absolute atomic E-state index is 0.00331. The lowest BCUT2D eigenvalue weighted by Gasteiger charge is -2.37. The largest absolute Gasteiger partial charge is 0.456 e. The number of amides is 1. The number of anilines is 1. The average molecular weight is 661 g/mol. The summed E-state index contributed by atoms with van der Waals surface area (Å²) in [4.78, 5) is 26.5. The first-order chi connectivity index (χ1) is 20.9. The zero-order valence-corrected chi connectivity index (χ0v) is 27.2. The number of nitriles is 1. The molecule has 1 amide bonds. The predicted molar refractivity (Wildman–Crippen MR) is 168 cm³/mol.